The molecule has 7 heteroatoms. The summed E-state index contributed by atoms with van der Waals surface area (Å²) >= 11 is 0. The number of amides is 1. The van der Waals surface area contributed by atoms with Gasteiger partial charge in [-0.05, 0) is 43.3 Å². The molecular formula is C19H16N2O5. The van der Waals surface area contributed by atoms with E-state index in [1.54, 1.807) is 36.4 Å². The largest absolute Gasteiger partial charge is 0.455 e. The number of rotatable bonds is 6. The van der Waals surface area contributed by atoms with Gasteiger partial charge in [-0.1, -0.05) is 17.3 Å². The van der Waals surface area contributed by atoms with Gasteiger partial charge in [0.2, 0.25) is 0 Å². The fourth-order valence-corrected chi connectivity index (χ4v) is 2.38. The van der Waals surface area contributed by atoms with Crippen LogP contribution in [0.5, 0.6) is 0 Å². The molecule has 132 valence electrons. The molecule has 7 nitrogen and oxygen atoms in total. The number of hydrogen-bond acceptors (Lipinski definition) is 6. The third-order valence-corrected chi connectivity index (χ3v) is 3.70. The van der Waals surface area contributed by atoms with Crippen LogP contribution >= 0.6 is 0 Å². The van der Waals surface area contributed by atoms with E-state index in [-0.39, 0.29) is 12.2 Å². The number of carbonyl (C=O) groups is 3. The van der Waals surface area contributed by atoms with Crippen LogP contribution in [0.4, 0.5) is 5.69 Å². The molecule has 26 heavy (non-hydrogen) atoms. The van der Waals surface area contributed by atoms with Gasteiger partial charge in [-0.25, -0.2) is 0 Å². The lowest BCUT2D eigenvalue weighted by Gasteiger charge is -2.06. The zero-order valence-corrected chi connectivity index (χ0v) is 14.0. The van der Waals surface area contributed by atoms with E-state index >= 15 is 0 Å². The van der Waals surface area contributed by atoms with Crippen molar-refractivity contribution in [3.8, 4) is 0 Å². The molecule has 1 N–H and O–H groups in total. The smallest absolute Gasteiger partial charge is 0.312 e. The molecule has 2 aromatic carbocycles. The average molecular weight is 352 g/mol. The van der Waals surface area contributed by atoms with Gasteiger partial charge in [-0.3, -0.25) is 14.4 Å². The predicted octanol–water partition coefficient (Wildman–Crippen LogP) is 2.75. The second-order valence-corrected chi connectivity index (χ2v) is 5.64. The van der Waals surface area contributed by atoms with Crippen molar-refractivity contribution >= 4 is 34.3 Å². The minimum absolute atomic E-state index is 0.0582. The highest BCUT2D eigenvalue weighted by molar-refractivity contribution is 5.96. The molecule has 0 aliphatic heterocycles. The summed E-state index contributed by atoms with van der Waals surface area (Å²) < 4.78 is 10.1. The van der Waals surface area contributed by atoms with Gasteiger partial charge in [0, 0.05) is 16.6 Å². The number of aromatic nitrogens is 1. The number of ether oxygens (including phenoxy) is 1. The Labute approximate surface area is 148 Å². The quantitative estimate of drug-likeness (QED) is 0.541. The monoisotopic (exact) mass is 352 g/mol. The molecule has 0 unspecified atom stereocenters. The maximum absolute atomic E-state index is 11.9. The standard InChI is InChI=1S/C19H16N2O5/c1-12(22)13-6-8-14(9-7-13)20-18(23)11-25-19(24)10-16-15-4-2-3-5-17(15)26-21-16/h2-9H,10-11H2,1H3,(H,20,23). The van der Waals surface area contributed by atoms with Crippen LogP contribution < -0.4 is 5.32 Å². The van der Waals surface area contributed by atoms with Gasteiger partial charge in [0.25, 0.3) is 5.91 Å². The van der Waals surface area contributed by atoms with Crippen molar-refractivity contribution in [2.45, 2.75) is 13.3 Å². The second-order valence-electron chi connectivity index (χ2n) is 5.64. The average Bonchev–Trinajstić information content (AvgIpc) is 3.03. The Morgan fingerprint density at radius 2 is 1.81 bits per heavy atom. The molecule has 1 amide bonds. The number of carbonyl (C=O) groups excluding carboxylic acids is 3. The zero-order valence-electron chi connectivity index (χ0n) is 14.0. The van der Waals surface area contributed by atoms with E-state index in [2.05, 4.69) is 10.5 Å². The maximum atomic E-state index is 11.9. The van der Waals surface area contributed by atoms with Gasteiger partial charge in [0.05, 0.1) is 6.42 Å². The summed E-state index contributed by atoms with van der Waals surface area (Å²) in [6, 6.07) is 13.6. The van der Waals surface area contributed by atoms with Crippen LogP contribution in [-0.2, 0) is 20.7 Å². The Balaban J connectivity index is 1.51. The van der Waals surface area contributed by atoms with Crippen LogP contribution in [0.15, 0.2) is 53.1 Å². The number of anilines is 1. The van der Waals surface area contributed by atoms with E-state index in [4.69, 9.17) is 9.26 Å². The van der Waals surface area contributed by atoms with Crippen molar-refractivity contribution in [3.63, 3.8) is 0 Å². The summed E-state index contributed by atoms with van der Waals surface area (Å²) in [5.74, 6) is -1.11. The first-order valence-corrected chi connectivity index (χ1v) is 7.92. The van der Waals surface area contributed by atoms with E-state index in [1.807, 2.05) is 12.1 Å². The number of benzene rings is 2. The number of Topliss-reactive ketones (excluding diaryl/α,β-unsaturated/α-hetero) is 1. The molecule has 0 radical (unpaired) electrons. The molecular weight excluding hydrogens is 336 g/mol. The van der Waals surface area contributed by atoms with Crippen molar-refractivity contribution in [2.75, 3.05) is 11.9 Å². The van der Waals surface area contributed by atoms with Crippen LogP contribution in [0.2, 0.25) is 0 Å². The fraction of sp³-hybridized carbons (Fsp3) is 0.158. The molecule has 0 spiro atoms. The summed E-state index contributed by atoms with van der Waals surface area (Å²) in [7, 11) is 0. The van der Waals surface area contributed by atoms with Crippen molar-refractivity contribution in [2.24, 2.45) is 0 Å². The molecule has 0 atom stereocenters. The topological polar surface area (TPSA) is 98.5 Å². The molecule has 0 saturated heterocycles. The Kier molecular flexibility index (Phi) is 5.07. The number of esters is 1. The highest BCUT2D eigenvalue weighted by Crippen LogP contribution is 2.18. The summed E-state index contributed by atoms with van der Waals surface area (Å²) in [5.41, 5.74) is 2.11. The summed E-state index contributed by atoms with van der Waals surface area (Å²) in [6.07, 6.45) is -0.0857. The van der Waals surface area contributed by atoms with E-state index in [0.29, 0.717) is 22.5 Å². The predicted molar refractivity (Wildman–Crippen MR) is 93.7 cm³/mol. The third-order valence-electron chi connectivity index (χ3n) is 3.70. The zero-order chi connectivity index (χ0) is 18.5. The van der Waals surface area contributed by atoms with Gasteiger partial charge >= 0.3 is 5.97 Å². The van der Waals surface area contributed by atoms with Gasteiger partial charge < -0.3 is 14.6 Å². The van der Waals surface area contributed by atoms with Gasteiger partial charge in [0.1, 0.15) is 5.69 Å². The van der Waals surface area contributed by atoms with Crippen LogP contribution in [0.25, 0.3) is 11.0 Å². The summed E-state index contributed by atoms with van der Waals surface area (Å²) in [4.78, 5) is 35.0. The highest BCUT2D eigenvalue weighted by Gasteiger charge is 2.14. The minimum atomic E-state index is -0.578. The number of para-hydroxylation sites is 1. The highest BCUT2D eigenvalue weighted by atomic mass is 16.5. The first-order valence-electron chi connectivity index (χ1n) is 7.92. The number of nitrogens with zero attached hydrogens (tertiary/aromatic N) is 1. The normalized spacial score (nSPS) is 10.5. The van der Waals surface area contributed by atoms with Crippen molar-refractivity contribution < 1.29 is 23.6 Å². The molecule has 3 rings (SSSR count). The first kappa shape index (κ1) is 17.3. The van der Waals surface area contributed by atoms with E-state index < -0.39 is 18.5 Å². The van der Waals surface area contributed by atoms with Crippen LogP contribution in [-0.4, -0.2) is 29.4 Å². The number of nitrogens with one attached hydrogen (secondary N) is 1. The molecule has 0 bridgehead atoms. The first-order chi connectivity index (χ1) is 12.5. The molecule has 0 fully saturated rings. The van der Waals surface area contributed by atoms with Crippen molar-refractivity contribution in [1.82, 2.24) is 5.16 Å². The van der Waals surface area contributed by atoms with E-state index in [9.17, 15) is 14.4 Å². The molecule has 3 aromatic rings. The minimum Gasteiger partial charge on any atom is -0.455 e. The van der Waals surface area contributed by atoms with Crippen LogP contribution in [0.3, 0.4) is 0 Å². The third kappa shape index (κ3) is 4.13. The van der Waals surface area contributed by atoms with Gasteiger partial charge in [0.15, 0.2) is 18.0 Å². The number of hydrogen-bond donors (Lipinski definition) is 1. The molecule has 1 heterocycles. The van der Waals surface area contributed by atoms with E-state index in [1.165, 1.54) is 6.92 Å². The number of ketones is 1. The van der Waals surface area contributed by atoms with E-state index in [0.717, 1.165) is 5.39 Å². The lowest BCUT2D eigenvalue weighted by Crippen LogP contribution is -2.21. The van der Waals surface area contributed by atoms with Crippen LogP contribution in [0, 0.1) is 0 Å². The molecule has 0 saturated carbocycles. The second kappa shape index (κ2) is 7.60. The van der Waals surface area contributed by atoms with Crippen LogP contribution in [0.1, 0.15) is 23.0 Å². The van der Waals surface area contributed by atoms with Gasteiger partial charge in [-0.15, -0.1) is 0 Å². The fourth-order valence-electron chi connectivity index (χ4n) is 2.38. The maximum Gasteiger partial charge on any atom is 0.312 e. The Hall–Kier alpha value is -3.48. The lowest BCUT2D eigenvalue weighted by molar-refractivity contribution is -0.146. The molecule has 0 aliphatic rings. The Morgan fingerprint density at radius 3 is 2.54 bits per heavy atom. The Bertz CT molecular complexity index is 959. The lowest BCUT2D eigenvalue weighted by atomic mass is 10.1. The van der Waals surface area contributed by atoms with Crippen molar-refractivity contribution in [3.05, 3.63) is 59.8 Å². The van der Waals surface area contributed by atoms with Gasteiger partial charge in [-0.2, -0.15) is 0 Å². The summed E-state index contributed by atoms with van der Waals surface area (Å²) in [5, 5.41) is 7.17. The SMILES string of the molecule is CC(=O)c1ccc(NC(=O)COC(=O)Cc2noc3ccccc23)cc1. The molecule has 0 aliphatic carbocycles. The molecule has 1 aromatic heterocycles. The Morgan fingerprint density at radius 1 is 1.08 bits per heavy atom. The number of fused-ring (bicyclic) bond motifs is 1. The van der Waals surface area contributed by atoms with Crippen molar-refractivity contribution in [1.29, 1.82) is 0 Å². The summed E-state index contributed by atoms with van der Waals surface area (Å²) in [6.45, 7) is 1.05.